The fourth-order valence-corrected chi connectivity index (χ4v) is 5.78. The van der Waals surface area contributed by atoms with Crippen molar-refractivity contribution in [3.8, 4) is 0 Å². The monoisotopic (exact) mass is 621 g/mol. The second kappa shape index (κ2) is 11.7. The Balaban J connectivity index is 1.52. The number of carbonyl (C=O) groups excluding carboxylic acids is 2. The Morgan fingerprint density at radius 3 is 2.00 bits per heavy atom. The van der Waals surface area contributed by atoms with E-state index >= 15 is 0 Å². The summed E-state index contributed by atoms with van der Waals surface area (Å²) in [4.78, 5) is 29.8. The van der Waals surface area contributed by atoms with Gasteiger partial charge in [-0.3, -0.25) is 19.4 Å². The van der Waals surface area contributed by atoms with Crippen LogP contribution in [0.3, 0.4) is 0 Å². The maximum atomic E-state index is 14.0. The Bertz CT molecular complexity index is 1530. The molecule has 1 fully saturated rings. The zero-order valence-corrected chi connectivity index (χ0v) is 23.3. The summed E-state index contributed by atoms with van der Waals surface area (Å²) in [7, 11) is 0. The molecule has 5 nitrogen and oxygen atoms in total. The second-order valence-corrected chi connectivity index (χ2v) is 11.1. The second-order valence-electron chi connectivity index (χ2n) is 10.6. The van der Waals surface area contributed by atoms with Gasteiger partial charge in [0.15, 0.2) is 0 Å². The van der Waals surface area contributed by atoms with Crippen molar-refractivity contribution in [1.82, 2.24) is 4.90 Å². The van der Waals surface area contributed by atoms with Crippen LogP contribution in [0, 0.1) is 5.92 Å². The molecule has 0 spiro atoms. The highest BCUT2D eigenvalue weighted by Crippen LogP contribution is 2.43. The van der Waals surface area contributed by atoms with Crippen molar-refractivity contribution in [1.29, 1.82) is 0 Å². The summed E-state index contributed by atoms with van der Waals surface area (Å²) in [5.41, 5.74) is 3.63. The maximum Gasteiger partial charge on any atom is 0.416 e. The van der Waals surface area contributed by atoms with Crippen LogP contribution in [0.25, 0.3) is 0 Å². The van der Waals surface area contributed by atoms with E-state index in [4.69, 9.17) is 17.3 Å². The molecule has 1 atom stereocenters. The highest BCUT2D eigenvalue weighted by atomic mass is 35.5. The van der Waals surface area contributed by atoms with Gasteiger partial charge in [-0.25, -0.2) is 0 Å². The molecule has 1 unspecified atom stereocenters. The minimum atomic E-state index is -5.12. The quantitative estimate of drug-likeness (QED) is 0.302. The summed E-state index contributed by atoms with van der Waals surface area (Å²) in [5, 5.41) is 0.615. The van der Waals surface area contributed by atoms with Crippen molar-refractivity contribution < 1.29 is 35.9 Å². The summed E-state index contributed by atoms with van der Waals surface area (Å²) in [6.45, 7) is 1.83. The lowest BCUT2D eigenvalue weighted by molar-refractivity contribution is -0.143. The molecule has 2 N–H and O–H groups in total. The number of piperidine rings is 1. The van der Waals surface area contributed by atoms with Crippen LogP contribution in [0.1, 0.15) is 51.4 Å². The van der Waals surface area contributed by atoms with Crippen molar-refractivity contribution in [3.63, 3.8) is 0 Å². The van der Waals surface area contributed by atoms with Crippen LogP contribution in [0.4, 0.5) is 32.0 Å². The van der Waals surface area contributed by atoms with E-state index in [-0.39, 0.29) is 17.7 Å². The number of para-hydroxylation sites is 1. The number of fused-ring (bicyclic) bond motifs is 1. The van der Waals surface area contributed by atoms with E-state index in [0.717, 1.165) is 10.5 Å². The topological polar surface area (TPSA) is 66.6 Å². The first-order chi connectivity index (χ1) is 20.2. The number of alkyl halides is 6. The predicted molar refractivity (Wildman–Crippen MR) is 149 cm³/mol. The summed E-state index contributed by atoms with van der Waals surface area (Å²) < 4.78 is 81.8. The fraction of sp³-hybridized carbons (Fsp3) is 0.290. The number of rotatable bonds is 5. The molecule has 5 rings (SSSR count). The van der Waals surface area contributed by atoms with E-state index in [1.54, 1.807) is 30.3 Å². The molecule has 0 aromatic heterocycles. The van der Waals surface area contributed by atoms with Crippen LogP contribution < -0.4 is 10.6 Å². The third kappa shape index (κ3) is 6.57. The molecule has 2 aliphatic heterocycles. The van der Waals surface area contributed by atoms with Crippen LogP contribution in [0.2, 0.25) is 5.02 Å². The molecule has 0 saturated carbocycles. The maximum absolute atomic E-state index is 14.0. The van der Waals surface area contributed by atoms with Crippen molar-refractivity contribution in [2.45, 2.75) is 37.7 Å². The normalized spacial score (nSPS) is 18.3. The van der Waals surface area contributed by atoms with Gasteiger partial charge < -0.3 is 5.73 Å². The minimum Gasteiger partial charge on any atom is -0.369 e. The average Bonchev–Trinajstić information content (AvgIpc) is 2.96. The van der Waals surface area contributed by atoms with Crippen LogP contribution in [-0.2, 0) is 23.7 Å². The number of benzene rings is 3. The molecule has 3 aromatic carbocycles. The van der Waals surface area contributed by atoms with Gasteiger partial charge in [0.25, 0.3) is 5.91 Å². The Kier molecular flexibility index (Phi) is 8.32. The van der Waals surface area contributed by atoms with Gasteiger partial charge in [0.2, 0.25) is 5.91 Å². The molecule has 3 aromatic rings. The van der Waals surface area contributed by atoms with Gasteiger partial charge in [-0.05, 0) is 79.5 Å². The number of hydrogen-bond acceptors (Lipinski definition) is 3. The lowest BCUT2D eigenvalue weighted by atomic mass is 9.83. The van der Waals surface area contributed by atoms with Gasteiger partial charge in [-0.1, -0.05) is 41.9 Å². The summed E-state index contributed by atoms with van der Waals surface area (Å²) in [5.74, 6) is -3.03. The molecular weight excluding hydrogens is 596 g/mol. The number of halogens is 7. The van der Waals surface area contributed by atoms with Crippen LogP contribution >= 0.6 is 11.6 Å². The lowest BCUT2D eigenvalue weighted by Gasteiger charge is -2.40. The number of nitrogens with two attached hydrogens (primary N) is 1. The number of hydrogen-bond donors (Lipinski definition) is 1. The SMILES string of the molecule is NC(=O)C1C=C(C2CCN(Cc3ccc(Cl)cc3)CC2)N(C(=O)c2cc(C(F)(F)F)cc(C(F)(F)F)c2)c2ccccc21. The molecule has 0 aliphatic carbocycles. The van der Waals surface area contributed by atoms with Crippen molar-refractivity contribution >= 4 is 29.1 Å². The Labute approximate surface area is 248 Å². The Morgan fingerprint density at radius 1 is 0.860 bits per heavy atom. The molecule has 0 bridgehead atoms. The summed E-state index contributed by atoms with van der Waals surface area (Å²) in [6, 6.07) is 14.5. The Morgan fingerprint density at radius 2 is 1.44 bits per heavy atom. The molecule has 2 heterocycles. The number of nitrogens with zero attached hydrogens (tertiary/aromatic N) is 2. The molecule has 43 heavy (non-hydrogen) atoms. The lowest BCUT2D eigenvalue weighted by Crippen LogP contribution is -2.42. The van der Waals surface area contributed by atoms with Crippen molar-refractivity contribution in [2.24, 2.45) is 11.7 Å². The summed E-state index contributed by atoms with van der Waals surface area (Å²) in [6.07, 6.45) is -7.69. The molecule has 12 heteroatoms. The van der Waals surface area contributed by atoms with Gasteiger partial charge in [-0.2, -0.15) is 26.3 Å². The van der Waals surface area contributed by atoms with E-state index in [1.807, 2.05) is 12.1 Å². The third-order valence-electron chi connectivity index (χ3n) is 7.78. The number of anilines is 1. The number of allylic oxidation sites excluding steroid dienone is 1. The zero-order valence-electron chi connectivity index (χ0n) is 22.6. The van der Waals surface area contributed by atoms with Crippen LogP contribution in [0.15, 0.2) is 78.5 Å². The first kappa shape index (κ1) is 30.6. The predicted octanol–water partition coefficient (Wildman–Crippen LogP) is 7.40. The standard InChI is InChI=1S/C31H26ClF6N3O2/c32-23-7-5-18(6-8-23)17-40-11-9-19(10-12-40)27-16-25(28(39)42)24-3-1-2-4-26(24)41(27)29(43)20-13-21(30(33,34)35)15-22(14-20)31(36,37)38/h1-8,13-16,19,25H,9-12,17H2,(H2,39,42). The van der Waals surface area contributed by atoms with Gasteiger partial charge >= 0.3 is 12.4 Å². The Hall–Kier alpha value is -3.83. The average molecular weight is 622 g/mol. The number of carbonyl (C=O) groups is 2. The zero-order chi connectivity index (χ0) is 31.1. The van der Waals surface area contributed by atoms with E-state index < -0.39 is 46.8 Å². The highest BCUT2D eigenvalue weighted by Gasteiger charge is 2.41. The minimum absolute atomic E-state index is 0.0167. The van der Waals surface area contributed by atoms with E-state index in [9.17, 15) is 35.9 Å². The van der Waals surface area contributed by atoms with E-state index in [0.29, 0.717) is 60.9 Å². The van der Waals surface area contributed by atoms with Crippen LogP contribution in [-0.4, -0.2) is 29.8 Å². The fourth-order valence-electron chi connectivity index (χ4n) is 5.65. The van der Waals surface area contributed by atoms with E-state index in [2.05, 4.69) is 4.90 Å². The molecule has 2 amide bonds. The van der Waals surface area contributed by atoms with Gasteiger partial charge in [0.1, 0.15) is 0 Å². The largest absolute Gasteiger partial charge is 0.416 e. The van der Waals surface area contributed by atoms with Crippen molar-refractivity contribution in [3.05, 3.63) is 111 Å². The van der Waals surface area contributed by atoms with Gasteiger partial charge in [0, 0.05) is 28.7 Å². The van der Waals surface area contributed by atoms with Crippen molar-refractivity contribution in [2.75, 3.05) is 18.0 Å². The van der Waals surface area contributed by atoms with Gasteiger partial charge in [0.05, 0.1) is 22.7 Å². The highest BCUT2D eigenvalue weighted by molar-refractivity contribution is 6.30. The first-order valence-corrected chi connectivity index (χ1v) is 13.8. The van der Waals surface area contributed by atoms with Gasteiger partial charge in [-0.15, -0.1) is 0 Å². The molecular formula is C31H26ClF6N3O2. The molecule has 1 saturated heterocycles. The number of amides is 2. The smallest absolute Gasteiger partial charge is 0.369 e. The number of primary amides is 1. The first-order valence-electron chi connectivity index (χ1n) is 13.4. The summed E-state index contributed by atoms with van der Waals surface area (Å²) >= 11 is 5.98. The number of likely N-dealkylation sites (tertiary alicyclic amines) is 1. The van der Waals surface area contributed by atoms with E-state index in [1.165, 1.54) is 12.1 Å². The molecule has 226 valence electrons. The third-order valence-corrected chi connectivity index (χ3v) is 8.03. The van der Waals surface area contributed by atoms with Crippen LogP contribution in [0.5, 0.6) is 0 Å². The molecule has 0 radical (unpaired) electrons. The molecule has 2 aliphatic rings.